The highest BCUT2D eigenvalue weighted by Gasteiger charge is 2.30. The van der Waals surface area contributed by atoms with Gasteiger partial charge in [0.2, 0.25) is 0 Å². The van der Waals surface area contributed by atoms with Crippen molar-refractivity contribution in [3.05, 3.63) is 29.1 Å². The van der Waals surface area contributed by atoms with E-state index in [1.807, 2.05) is 0 Å². The van der Waals surface area contributed by atoms with Crippen molar-refractivity contribution >= 4 is 15.8 Å². The number of carboxylic acid groups (broad SMARTS) is 1. The maximum Gasteiger partial charge on any atom is 0.338 e. The molecule has 0 radical (unpaired) electrons. The summed E-state index contributed by atoms with van der Waals surface area (Å²) in [7, 11) is -3.82. The summed E-state index contributed by atoms with van der Waals surface area (Å²) in [5, 5.41) is 8.96. The zero-order valence-corrected chi connectivity index (χ0v) is 12.9. The predicted molar refractivity (Wildman–Crippen MR) is 76.8 cm³/mol. The van der Waals surface area contributed by atoms with E-state index in [0.29, 0.717) is 11.5 Å². The quantitative estimate of drug-likeness (QED) is 0.930. The van der Waals surface area contributed by atoms with Crippen molar-refractivity contribution in [2.45, 2.75) is 43.4 Å². The molecule has 0 aromatic heterocycles. The monoisotopic (exact) mass is 314 g/mol. The van der Waals surface area contributed by atoms with Crippen LogP contribution in [0.25, 0.3) is 0 Å². The summed E-state index contributed by atoms with van der Waals surface area (Å²) >= 11 is 0. The SMILES string of the molecule is CC1CCC(c2ccc(C(=O)O)c(F)c2S(C)(=O)=O)CC1. The van der Waals surface area contributed by atoms with Crippen LogP contribution >= 0.6 is 0 Å². The molecule has 0 saturated heterocycles. The van der Waals surface area contributed by atoms with Crippen molar-refractivity contribution in [2.24, 2.45) is 5.92 Å². The Kier molecular flexibility index (Phi) is 4.37. The molecule has 116 valence electrons. The first-order valence-electron chi connectivity index (χ1n) is 6.97. The second-order valence-corrected chi connectivity index (χ2v) is 7.83. The Labute approximate surface area is 123 Å². The maximum absolute atomic E-state index is 14.4. The summed E-state index contributed by atoms with van der Waals surface area (Å²) in [5.74, 6) is -2.03. The number of hydrogen-bond acceptors (Lipinski definition) is 3. The van der Waals surface area contributed by atoms with E-state index in [0.717, 1.165) is 31.9 Å². The molecule has 1 fully saturated rings. The Morgan fingerprint density at radius 2 is 1.81 bits per heavy atom. The molecule has 0 unspecified atom stereocenters. The molecule has 0 spiro atoms. The van der Waals surface area contributed by atoms with Crippen LogP contribution in [0.3, 0.4) is 0 Å². The Morgan fingerprint density at radius 1 is 1.24 bits per heavy atom. The minimum Gasteiger partial charge on any atom is -0.478 e. The van der Waals surface area contributed by atoms with Crippen LogP contribution in [0.5, 0.6) is 0 Å². The van der Waals surface area contributed by atoms with Crippen LogP contribution in [0.4, 0.5) is 4.39 Å². The number of halogens is 1. The number of rotatable bonds is 3. The van der Waals surface area contributed by atoms with Crippen molar-refractivity contribution in [3.63, 3.8) is 0 Å². The Morgan fingerprint density at radius 3 is 2.29 bits per heavy atom. The summed E-state index contributed by atoms with van der Waals surface area (Å²) in [6.45, 7) is 2.14. The predicted octanol–water partition coefficient (Wildman–Crippen LogP) is 3.22. The second-order valence-electron chi connectivity index (χ2n) is 5.88. The van der Waals surface area contributed by atoms with Gasteiger partial charge in [-0.3, -0.25) is 0 Å². The second kappa shape index (κ2) is 5.75. The number of aromatic carboxylic acids is 1. The van der Waals surface area contributed by atoms with E-state index >= 15 is 0 Å². The first-order valence-corrected chi connectivity index (χ1v) is 8.86. The van der Waals surface area contributed by atoms with Crippen LogP contribution in [-0.4, -0.2) is 25.7 Å². The van der Waals surface area contributed by atoms with Crippen molar-refractivity contribution < 1.29 is 22.7 Å². The van der Waals surface area contributed by atoms with Gasteiger partial charge in [0.05, 0.1) is 5.56 Å². The third-order valence-electron chi connectivity index (χ3n) is 4.18. The van der Waals surface area contributed by atoms with Crippen molar-refractivity contribution in [2.75, 3.05) is 6.26 Å². The summed E-state index contributed by atoms with van der Waals surface area (Å²) in [5.41, 5.74) is -0.171. The average molecular weight is 314 g/mol. The van der Waals surface area contributed by atoms with Crippen LogP contribution in [0.15, 0.2) is 17.0 Å². The first-order chi connectivity index (χ1) is 9.71. The molecule has 1 aliphatic carbocycles. The van der Waals surface area contributed by atoms with E-state index in [9.17, 15) is 17.6 Å². The van der Waals surface area contributed by atoms with E-state index in [4.69, 9.17) is 5.11 Å². The van der Waals surface area contributed by atoms with Gasteiger partial charge in [0, 0.05) is 6.26 Å². The Bertz CT molecular complexity index is 658. The molecule has 1 aromatic carbocycles. The lowest BCUT2D eigenvalue weighted by Crippen LogP contribution is -2.17. The highest BCUT2D eigenvalue weighted by atomic mass is 32.2. The van der Waals surface area contributed by atoms with Crippen molar-refractivity contribution in [3.8, 4) is 0 Å². The van der Waals surface area contributed by atoms with Crippen LogP contribution in [-0.2, 0) is 9.84 Å². The molecule has 1 saturated carbocycles. The third kappa shape index (κ3) is 3.26. The van der Waals surface area contributed by atoms with E-state index < -0.39 is 32.1 Å². The minimum atomic E-state index is -3.82. The lowest BCUT2D eigenvalue weighted by atomic mass is 9.79. The number of carboxylic acids is 1. The van der Waals surface area contributed by atoms with Crippen LogP contribution in [0.1, 0.15) is 54.4 Å². The highest BCUT2D eigenvalue weighted by molar-refractivity contribution is 7.90. The molecule has 0 amide bonds. The Hall–Kier alpha value is -1.43. The maximum atomic E-state index is 14.4. The molecular weight excluding hydrogens is 295 g/mol. The number of hydrogen-bond donors (Lipinski definition) is 1. The summed E-state index contributed by atoms with van der Waals surface area (Å²) in [6, 6.07) is 2.63. The van der Waals surface area contributed by atoms with E-state index in [1.54, 1.807) is 0 Å². The highest BCUT2D eigenvalue weighted by Crippen LogP contribution is 2.39. The van der Waals surface area contributed by atoms with E-state index in [2.05, 4.69) is 6.92 Å². The van der Waals surface area contributed by atoms with Gasteiger partial charge in [-0.25, -0.2) is 17.6 Å². The van der Waals surface area contributed by atoms with E-state index in [-0.39, 0.29) is 5.92 Å². The molecule has 6 heteroatoms. The topological polar surface area (TPSA) is 71.4 Å². The fourth-order valence-electron chi connectivity index (χ4n) is 3.01. The van der Waals surface area contributed by atoms with Gasteiger partial charge in [0.1, 0.15) is 4.90 Å². The molecule has 21 heavy (non-hydrogen) atoms. The third-order valence-corrected chi connectivity index (χ3v) is 5.34. The van der Waals surface area contributed by atoms with Crippen LogP contribution in [0, 0.1) is 11.7 Å². The van der Waals surface area contributed by atoms with Crippen molar-refractivity contribution in [1.29, 1.82) is 0 Å². The van der Waals surface area contributed by atoms with Gasteiger partial charge in [-0.1, -0.05) is 25.8 Å². The van der Waals surface area contributed by atoms with Crippen LogP contribution in [0.2, 0.25) is 0 Å². The molecule has 0 bridgehead atoms. The van der Waals surface area contributed by atoms with Gasteiger partial charge in [-0.2, -0.15) is 0 Å². The molecule has 2 rings (SSSR count). The van der Waals surface area contributed by atoms with Gasteiger partial charge >= 0.3 is 5.97 Å². The Balaban J connectivity index is 2.56. The summed E-state index contributed by atoms with van der Waals surface area (Å²) in [6.07, 6.45) is 4.46. The zero-order chi connectivity index (χ0) is 15.8. The zero-order valence-electron chi connectivity index (χ0n) is 12.1. The van der Waals surface area contributed by atoms with Gasteiger partial charge in [-0.15, -0.1) is 0 Å². The van der Waals surface area contributed by atoms with E-state index in [1.165, 1.54) is 12.1 Å². The van der Waals surface area contributed by atoms with Gasteiger partial charge in [-0.05, 0) is 36.3 Å². The molecule has 1 aliphatic rings. The smallest absolute Gasteiger partial charge is 0.338 e. The van der Waals surface area contributed by atoms with Gasteiger partial charge < -0.3 is 5.11 Å². The fourth-order valence-corrected chi connectivity index (χ4v) is 4.10. The molecule has 0 aliphatic heterocycles. The fraction of sp³-hybridized carbons (Fsp3) is 0.533. The van der Waals surface area contributed by atoms with Crippen LogP contribution < -0.4 is 0 Å². The number of carbonyl (C=O) groups is 1. The summed E-state index contributed by atoms with van der Waals surface area (Å²) in [4.78, 5) is 10.6. The number of sulfone groups is 1. The molecule has 1 N–H and O–H groups in total. The lowest BCUT2D eigenvalue weighted by molar-refractivity contribution is 0.0691. The molecule has 0 atom stereocenters. The molecular formula is C15H19FO4S. The van der Waals surface area contributed by atoms with Gasteiger partial charge in [0.15, 0.2) is 15.7 Å². The summed E-state index contributed by atoms with van der Waals surface area (Å²) < 4.78 is 38.2. The van der Waals surface area contributed by atoms with Crippen molar-refractivity contribution in [1.82, 2.24) is 0 Å². The molecule has 0 heterocycles. The standard InChI is InChI=1S/C15H19FO4S/c1-9-3-5-10(6-4-9)11-7-8-12(15(17)18)13(16)14(11)21(2,19)20/h7-10H,3-6H2,1-2H3,(H,17,18). The normalized spacial score (nSPS) is 23.0. The van der Waals surface area contributed by atoms with Gasteiger partial charge in [0.25, 0.3) is 0 Å². The number of benzene rings is 1. The minimum absolute atomic E-state index is 0.0248. The largest absolute Gasteiger partial charge is 0.478 e. The lowest BCUT2D eigenvalue weighted by Gasteiger charge is -2.28. The first kappa shape index (κ1) is 15.9. The molecule has 4 nitrogen and oxygen atoms in total. The molecule has 1 aromatic rings. The average Bonchev–Trinajstić information content (AvgIpc) is 2.37.